The minimum atomic E-state index is 0.201. The standard InChI is InChI=1S/C24H18O3/c1-13-3-4-14-8-16-10-17-9-15-5-6-18(27-2)11-20(15)24(26)22(17)12-21(16)23(25)19(14)7-13/h3-12,25-26H,1-2H3. The number of ether oxygens (including phenoxy) is 1. The van der Waals surface area contributed by atoms with Crippen molar-refractivity contribution in [3.63, 3.8) is 0 Å². The molecule has 0 bridgehead atoms. The molecule has 0 aliphatic heterocycles. The van der Waals surface area contributed by atoms with Crippen LogP contribution in [0.15, 0.2) is 60.7 Å². The molecule has 27 heavy (non-hydrogen) atoms. The van der Waals surface area contributed by atoms with Crippen LogP contribution in [0.2, 0.25) is 0 Å². The molecule has 0 amide bonds. The van der Waals surface area contributed by atoms with Gasteiger partial charge in [0.25, 0.3) is 0 Å². The van der Waals surface area contributed by atoms with Gasteiger partial charge >= 0.3 is 0 Å². The predicted octanol–water partition coefficient (Wildman–Crippen LogP) is 6.03. The minimum Gasteiger partial charge on any atom is -0.507 e. The SMILES string of the molecule is COc1ccc2cc3cc4cc5ccc(C)cc5c(O)c4cc3c(O)c2c1. The molecule has 2 N–H and O–H groups in total. The van der Waals surface area contributed by atoms with Crippen LogP contribution in [0.25, 0.3) is 43.1 Å². The van der Waals surface area contributed by atoms with E-state index in [0.29, 0.717) is 11.1 Å². The molecule has 0 fully saturated rings. The van der Waals surface area contributed by atoms with Crippen LogP contribution in [0, 0.1) is 6.92 Å². The van der Waals surface area contributed by atoms with Crippen LogP contribution in [0.5, 0.6) is 17.2 Å². The average molecular weight is 354 g/mol. The Balaban J connectivity index is 1.93. The van der Waals surface area contributed by atoms with Gasteiger partial charge in [-0.05, 0) is 70.9 Å². The highest BCUT2D eigenvalue weighted by molar-refractivity contribution is 6.14. The van der Waals surface area contributed by atoms with Crippen molar-refractivity contribution < 1.29 is 14.9 Å². The summed E-state index contributed by atoms with van der Waals surface area (Å²) in [6, 6.07) is 19.7. The molecule has 0 saturated heterocycles. The Kier molecular flexibility index (Phi) is 3.22. The molecule has 3 nitrogen and oxygen atoms in total. The number of phenols is 2. The second-order valence-corrected chi connectivity index (χ2v) is 7.06. The van der Waals surface area contributed by atoms with Crippen molar-refractivity contribution >= 4 is 43.1 Å². The Morgan fingerprint density at radius 3 is 1.74 bits per heavy atom. The van der Waals surface area contributed by atoms with Crippen LogP contribution in [0.3, 0.4) is 0 Å². The second-order valence-electron chi connectivity index (χ2n) is 7.06. The molecule has 0 unspecified atom stereocenters. The molecule has 132 valence electrons. The highest BCUT2D eigenvalue weighted by Crippen LogP contribution is 2.41. The maximum Gasteiger partial charge on any atom is 0.131 e. The summed E-state index contributed by atoms with van der Waals surface area (Å²) in [4.78, 5) is 0. The lowest BCUT2D eigenvalue weighted by molar-refractivity contribution is 0.415. The monoisotopic (exact) mass is 354 g/mol. The van der Waals surface area contributed by atoms with E-state index in [1.807, 2.05) is 55.5 Å². The van der Waals surface area contributed by atoms with Crippen molar-refractivity contribution in [2.24, 2.45) is 0 Å². The molecule has 0 radical (unpaired) electrons. The Morgan fingerprint density at radius 2 is 1.11 bits per heavy atom. The normalized spacial score (nSPS) is 11.6. The highest BCUT2D eigenvalue weighted by atomic mass is 16.5. The third-order valence-electron chi connectivity index (χ3n) is 5.33. The van der Waals surface area contributed by atoms with Crippen LogP contribution in [0.1, 0.15) is 5.56 Å². The van der Waals surface area contributed by atoms with Crippen molar-refractivity contribution in [1.29, 1.82) is 0 Å². The summed E-state index contributed by atoms with van der Waals surface area (Å²) in [5.74, 6) is 1.15. The number of benzene rings is 5. The second kappa shape index (κ2) is 5.52. The van der Waals surface area contributed by atoms with Crippen LogP contribution in [0.4, 0.5) is 0 Å². The zero-order chi connectivity index (χ0) is 18.7. The fraction of sp³-hybridized carbons (Fsp3) is 0.0833. The Hall–Kier alpha value is -3.46. The largest absolute Gasteiger partial charge is 0.507 e. The molecule has 0 spiro atoms. The first-order chi connectivity index (χ1) is 13.0. The molecule has 0 heterocycles. The lowest BCUT2D eigenvalue weighted by Gasteiger charge is -2.12. The van der Waals surface area contributed by atoms with Crippen LogP contribution in [-0.4, -0.2) is 17.3 Å². The average Bonchev–Trinajstić information content (AvgIpc) is 2.68. The van der Waals surface area contributed by atoms with Crippen molar-refractivity contribution in [1.82, 2.24) is 0 Å². The van der Waals surface area contributed by atoms with E-state index in [4.69, 9.17) is 4.74 Å². The first kappa shape index (κ1) is 15.8. The molecule has 5 aromatic carbocycles. The summed E-state index contributed by atoms with van der Waals surface area (Å²) in [5, 5.41) is 28.6. The molecule has 3 heteroatoms. The fourth-order valence-corrected chi connectivity index (χ4v) is 3.90. The van der Waals surface area contributed by atoms with E-state index in [0.717, 1.165) is 43.3 Å². The van der Waals surface area contributed by atoms with Gasteiger partial charge in [-0.25, -0.2) is 0 Å². The number of methoxy groups -OCH3 is 1. The van der Waals surface area contributed by atoms with Crippen molar-refractivity contribution in [2.45, 2.75) is 6.92 Å². The quantitative estimate of drug-likeness (QED) is 0.361. The maximum absolute atomic E-state index is 10.9. The van der Waals surface area contributed by atoms with E-state index in [1.165, 1.54) is 0 Å². The van der Waals surface area contributed by atoms with Gasteiger partial charge in [0.1, 0.15) is 17.2 Å². The van der Waals surface area contributed by atoms with Crippen LogP contribution >= 0.6 is 0 Å². The molecule has 0 aliphatic rings. The maximum atomic E-state index is 10.9. The molecule has 0 atom stereocenters. The fourth-order valence-electron chi connectivity index (χ4n) is 3.90. The van der Waals surface area contributed by atoms with Crippen molar-refractivity contribution in [3.05, 3.63) is 66.2 Å². The zero-order valence-corrected chi connectivity index (χ0v) is 15.1. The van der Waals surface area contributed by atoms with Gasteiger partial charge in [0, 0.05) is 21.5 Å². The Labute approximate surface area is 156 Å². The third-order valence-corrected chi connectivity index (χ3v) is 5.33. The van der Waals surface area contributed by atoms with E-state index in [1.54, 1.807) is 7.11 Å². The van der Waals surface area contributed by atoms with E-state index < -0.39 is 0 Å². The first-order valence-corrected chi connectivity index (χ1v) is 8.85. The molecule has 5 aromatic rings. The lowest BCUT2D eigenvalue weighted by atomic mass is 9.95. The number of aromatic hydroxyl groups is 2. The van der Waals surface area contributed by atoms with Gasteiger partial charge in [-0.3, -0.25) is 0 Å². The third kappa shape index (κ3) is 2.28. The van der Waals surface area contributed by atoms with Crippen molar-refractivity contribution in [3.8, 4) is 17.2 Å². The predicted molar refractivity (Wildman–Crippen MR) is 111 cm³/mol. The Bertz CT molecular complexity index is 1380. The number of hydrogen-bond donors (Lipinski definition) is 2. The number of phenolic OH excluding ortho intramolecular Hbond substituents is 2. The van der Waals surface area contributed by atoms with Gasteiger partial charge in [-0.15, -0.1) is 0 Å². The smallest absolute Gasteiger partial charge is 0.131 e. The first-order valence-electron chi connectivity index (χ1n) is 8.85. The molecular formula is C24H18O3. The van der Waals surface area contributed by atoms with E-state index in [2.05, 4.69) is 12.1 Å². The number of aryl methyl sites for hydroxylation is 1. The van der Waals surface area contributed by atoms with E-state index in [9.17, 15) is 10.2 Å². The van der Waals surface area contributed by atoms with Crippen molar-refractivity contribution in [2.75, 3.05) is 7.11 Å². The van der Waals surface area contributed by atoms with Gasteiger partial charge in [-0.1, -0.05) is 23.8 Å². The number of hydrogen-bond acceptors (Lipinski definition) is 3. The van der Waals surface area contributed by atoms with E-state index >= 15 is 0 Å². The van der Waals surface area contributed by atoms with Gasteiger partial charge in [-0.2, -0.15) is 0 Å². The van der Waals surface area contributed by atoms with Gasteiger partial charge in [0.15, 0.2) is 0 Å². The molecular weight excluding hydrogens is 336 g/mol. The van der Waals surface area contributed by atoms with Crippen LogP contribution in [-0.2, 0) is 0 Å². The lowest BCUT2D eigenvalue weighted by Crippen LogP contribution is -1.86. The van der Waals surface area contributed by atoms with Crippen LogP contribution < -0.4 is 4.74 Å². The molecule has 0 saturated carbocycles. The minimum absolute atomic E-state index is 0.201. The summed E-state index contributed by atoms with van der Waals surface area (Å²) in [6.45, 7) is 2.01. The van der Waals surface area contributed by atoms with Gasteiger partial charge in [0.05, 0.1) is 7.11 Å². The number of fused-ring (bicyclic) bond motifs is 4. The summed E-state index contributed by atoms with van der Waals surface area (Å²) >= 11 is 0. The topological polar surface area (TPSA) is 49.7 Å². The zero-order valence-electron chi connectivity index (χ0n) is 15.1. The number of rotatable bonds is 1. The molecule has 0 aliphatic carbocycles. The summed E-state index contributed by atoms with van der Waals surface area (Å²) in [7, 11) is 1.61. The van der Waals surface area contributed by atoms with E-state index in [-0.39, 0.29) is 11.5 Å². The molecule has 5 rings (SSSR count). The summed E-state index contributed by atoms with van der Waals surface area (Å²) in [5.41, 5.74) is 1.10. The highest BCUT2D eigenvalue weighted by Gasteiger charge is 2.12. The van der Waals surface area contributed by atoms with Gasteiger partial charge < -0.3 is 14.9 Å². The molecule has 0 aromatic heterocycles. The Morgan fingerprint density at radius 1 is 0.593 bits per heavy atom. The van der Waals surface area contributed by atoms with Gasteiger partial charge in [0.2, 0.25) is 0 Å². The summed E-state index contributed by atoms with van der Waals surface area (Å²) < 4.78 is 5.29. The summed E-state index contributed by atoms with van der Waals surface area (Å²) in [6.07, 6.45) is 0.